The van der Waals surface area contributed by atoms with Gasteiger partial charge < -0.3 is 24.4 Å². The van der Waals surface area contributed by atoms with Crippen molar-refractivity contribution < 1.29 is 28.7 Å². The SMILES string of the molecule is C=C/C=C(\C=C)COC(=O)NCc1c(C)noc1-c1cnc(OC2CCC[C@H](C(=O)O)C2)cn1. The number of carboxylic acid groups (broad SMARTS) is 1. The molecule has 0 bridgehead atoms. The van der Waals surface area contributed by atoms with Gasteiger partial charge in [-0.05, 0) is 38.2 Å². The summed E-state index contributed by atoms with van der Waals surface area (Å²) >= 11 is 0. The first-order chi connectivity index (χ1) is 16.4. The van der Waals surface area contributed by atoms with Crippen LogP contribution in [0.15, 0.2) is 53.9 Å². The molecule has 180 valence electrons. The molecule has 1 aliphatic rings. The Morgan fingerprint density at radius 2 is 2.12 bits per heavy atom. The molecule has 10 heteroatoms. The predicted octanol–water partition coefficient (Wildman–Crippen LogP) is 3.99. The molecule has 34 heavy (non-hydrogen) atoms. The second-order valence-electron chi connectivity index (χ2n) is 7.87. The van der Waals surface area contributed by atoms with Crippen molar-refractivity contribution in [2.45, 2.75) is 45.3 Å². The average molecular weight is 469 g/mol. The minimum Gasteiger partial charge on any atom is -0.481 e. The van der Waals surface area contributed by atoms with Gasteiger partial charge in [-0.15, -0.1) is 0 Å². The fraction of sp³-hybridized carbons (Fsp3) is 0.375. The van der Waals surface area contributed by atoms with Crippen molar-refractivity contribution >= 4 is 12.1 Å². The standard InChI is InChI=1S/C24H28N4O6/c1-4-7-16(5-2)14-32-24(31)27-11-19-15(3)28-34-22(19)20-12-26-21(13-25-20)33-18-9-6-8-17(10-18)23(29)30/h4-5,7,12-13,17-18H,1-2,6,8-11,14H2,3H3,(H,27,31)(H,29,30)/b16-7+/t17-,18?/m0/s1. The predicted molar refractivity (Wildman–Crippen MR) is 123 cm³/mol. The average Bonchev–Trinajstić information content (AvgIpc) is 3.21. The monoisotopic (exact) mass is 468 g/mol. The van der Waals surface area contributed by atoms with Crippen LogP contribution < -0.4 is 10.1 Å². The van der Waals surface area contributed by atoms with E-state index in [0.29, 0.717) is 41.4 Å². The fourth-order valence-corrected chi connectivity index (χ4v) is 3.63. The van der Waals surface area contributed by atoms with Crippen molar-refractivity contribution in [3.05, 3.63) is 60.6 Å². The van der Waals surface area contributed by atoms with Crippen molar-refractivity contribution in [3.63, 3.8) is 0 Å². The van der Waals surface area contributed by atoms with E-state index in [2.05, 4.69) is 33.6 Å². The van der Waals surface area contributed by atoms with E-state index in [9.17, 15) is 14.7 Å². The second-order valence-corrected chi connectivity index (χ2v) is 7.87. The van der Waals surface area contributed by atoms with Crippen LogP contribution in [0, 0.1) is 12.8 Å². The topological polar surface area (TPSA) is 137 Å². The molecule has 1 unspecified atom stereocenters. The molecular formula is C24H28N4O6. The van der Waals surface area contributed by atoms with Gasteiger partial charge in [-0.1, -0.05) is 36.5 Å². The minimum absolute atomic E-state index is 0.0674. The number of nitrogens with zero attached hydrogens (tertiary/aromatic N) is 3. The first-order valence-electron chi connectivity index (χ1n) is 10.9. The van der Waals surface area contributed by atoms with Crippen LogP contribution in [0.2, 0.25) is 0 Å². The summed E-state index contributed by atoms with van der Waals surface area (Å²) in [5.74, 6) is -0.509. The van der Waals surface area contributed by atoms with Gasteiger partial charge in [0.2, 0.25) is 5.88 Å². The molecule has 0 radical (unpaired) electrons. The maximum absolute atomic E-state index is 12.1. The summed E-state index contributed by atoms with van der Waals surface area (Å²) in [6, 6.07) is 0. The molecule has 2 atom stereocenters. The van der Waals surface area contributed by atoms with Gasteiger partial charge >= 0.3 is 12.1 Å². The summed E-state index contributed by atoms with van der Waals surface area (Å²) in [7, 11) is 0. The zero-order valence-electron chi connectivity index (χ0n) is 19.0. The number of aryl methyl sites for hydroxylation is 1. The molecule has 1 fully saturated rings. The van der Waals surface area contributed by atoms with Crippen LogP contribution in [0.5, 0.6) is 5.88 Å². The van der Waals surface area contributed by atoms with Crippen molar-refractivity contribution in [2.75, 3.05) is 6.61 Å². The highest BCUT2D eigenvalue weighted by atomic mass is 16.5. The lowest BCUT2D eigenvalue weighted by molar-refractivity contribution is -0.143. The van der Waals surface area contributed by atoms with Crippen LogP contribution in [-0.2, 0) is 16.1 Å². The Bertz CT molecular complexity index is 1060. The van der Waals surface area contributed by atoms with Crippen LogP contribution in [-0.4, -0.2) is 45.0 Å². The summed E-state index contributed by atoms with van der Waals surface area (Å²) < 4.78 is 16.4. The summed E-state index contributed by atoms with van der Waals surface area (Å²) in [5.41, 5.74) is 2.38. The van der Waals surface area contributed by atoms with Crippen LogP contribution in [0.4, 0.5) is 4.79 Å². The molecule has 0 saturated heterocycles. The molecule has 3 rings (SSSR count). The number of carbonyl (C=O) groups is 2. The first-order valence-corrected chi connectivity index (χ1v) is 10.9. The Labute approximate surface area is 197 Å². The third-order valence-electron chi connectivity index (χ3n) is 5.48. The Hall–Kier alpha value is -3.95. The smallest absolute Gasteiger partial charge is 0.407 e. The maximum Gasteiger partial charge on any atom is 0.407 e. The Kier molecular flexibility index (Phi) is 8.55. The fourth-order valence-electron chi connectivity index (χ4n) is 3.63. The number of allylic oxidation sites excluding steroid dienone is 2. The summed E-state index contributed by atoms with van der Waals surface area (Å²) in [6.07, 6.45) is 9.69. The number of aliphatic carboxylic acids is 1. The minimum atomic E-state index is -0.796. The van der Waals surface area contributed by atoms with Crippen molar-refractivity contribution in [1.29, 1.82) is 0 Å². The van der Waals surface area contributed by atoms with E-state index in [1.165, 1.54) is 12.4 Å². The van der Waals surface area contributed by atoms with E-state index < -0.39 is 18.0 Å². The molecule has 1 aliphatic carbocycles. The van der Waals surface area contributed by atoms with E-state index in [4.69, 9.17) is 14.0 Å². The molecule has 2 N–H and O–H groups in total. The molecule has 0 aromatic carbocycles. The number of hydrogen-bond donors (Lipinski definition) is 2. The highest BCUT2D eigenvalue weighted by molar-refractivity contribution is 5.70. The van der Waals surface area contributed by atoms with Crippen LogP contribution in [0.3, 0.4) is 0 Å². The number of carbonyl (C=O) groups excluding carboxylic acids is 1. The highest BCUT2D eigenvalue weighted by Gasteiger charge is 2.28. The van der Waals surface area contributed by atoms with Crippen LogP contribution in [0.25, 0.3) is 11.5 Å². The number of carboxylic acids is 1. The van der Waals surface area contributed by atoms with Gasteiger partial charge in [-0.25, -0.2) is 14.8 Å². The summed E-state index contributed by atoms with van der Waals surface area (Å²) in [4.78, 5) is 31.9. The van der Waals surface area contributed by atoms with Crippen molar-refractivity contribution in [2.24, 2.45) is 5.92 Å². The summed E-state index contributed by atoms with van der Waals surface area (Å²) in [6.45, 7) is 9.20. The van der Waals surface area contributed by atoms with Gasteiger partial charge in [0.25, 0.3) is 0 Å². The third kappa shape index (κ3) is 6.53. The van der Waals surface area contributed by atoms with E-state index >= 15 is 0 Å². The van der Waals surface area contributed by atoms with Gasteiger partial charge in [-0.3, -0.25) is 4.79 Å². The normalized spacial score (nSPS) is 18.1. The van der Waals surface area contributed by atoms with E-state index in [0.717, 1.165) is 18.4 Å². The quantitative estimate of drug-likeness (QED) is 0.496. The molecule has 2 aromatic heterocycles. The molecule has 2 heterocycles. The van der Waals surface area contributed by atoms with Crippen molar-refractivity contribution in [3.8, 4) is 17.3 Å². The lowest BCUT2D eigenvalue weighted by atomic mass is 9.87. The summed E-state index contributed by atoms with van der Waals surface area (Å²) in [5, 5.41) is 15.9. The molecule has 1 amide bonds. The molecule has 0 aliphatic heterocycles. The Balaban J connectivity index is 1.60. The van der Waals surface area contributed by atoms with Gasteiger partial charge in [0.05, 0.1) is 30.6 Å². The molecule has 2 aromatic rings. The van der Waals surface area contributed by atoms with Gasteiger partial charge in [-0.2, -0.15) is 0 Å². The lowest BCUT2D eigenvalue weighted by Crippen LogP contribution is -2.29. The zero-order valence-corrected chi connectivity index (χ0v) is 19.0. The van der Waals surface area contributed by atoms with Gasteiger partial charge in [0, 0.05) is 5.56 Å². The number of rotatable bonds is 10. The maximum atomic E-state index is 12.1. The zero-order chi connectivity index (χ0) is 24.5. The second kappa shape index (κ2) is 11.8. The molecule has 1 saturated carbocycles. The van der Waals surface area contributed by atoms with Gasteiger partial charge in [0.1, 0.15) is 18.4 Å². The van der Waals surface area contributed by atoms with Crippen LogP contribution >= 0.6 is 0 Å². The molecular weight excluding hydrogens is 440 g/mol. The number of nitrogens with one attached hydrogen (secondary N) is 1. The van der Waals surface area contributed by atoms with Crippen LogP contribution in [0.1, 0.15) is 36.9 Å². The number of ether oxygens (including phenoxy) is 2. The number of amides is 1. The third-order valence-corrected chi connectivity index (χ3v) is 5.48. The van der Waals surface area contributed by atoms with Gasteiger partial charge in [0.15, 0.2) is 5.76 Å². The van der Waals surface area contributed by atoms with Crippen molar-refractivity contribution in [1.82, 2.24) is 20.4 Å². The number of alkyl carbamates (subject to hydrolysis) is 1. The lowest BCUT2D eigenvalue weighted by Gasteiger charge is -2.26. The number of aromatic nitrogens is 3. The Morgan fingerprint density at radius 1 is 1.29 bits per heavy atom. The van der Waals surface area contributed by atoms with E-state index in [-0.39, 0.29) is 19.3 Å². The molecule has 10 nitrogen and oxygen atoms in total. The first kappa shape index (κ1) is 24.7. The van der Waals surface area contributed by atoms with E-state index in [1.807, 2.05) is 0 Å². The molecule has 0 spiro atoms. The number of hydrogen-bond acceptors (Lipinski definition) is 8. The van der Waals surface area contributed by atoms with E-state index in [1.54, 1.807) is 25.2 Å². The Morgan fingerprint density at radius 3 is 2.79 bits per heavy atom. The largest absolute Gasteiger partial charge is 0.481 e. The highest BCUT2D eigenvalue weighted by Crippen LogP contribution is 2.28.